The number of ether oxygens (including phenoxy) is 1. The third-order valence-corrected chi connectivity index (χ3v) is 3.80. The summed E-state index contributed by atoms with van der Waals surface area (Å²) in [5, 5.41) is 4.87. The van der Waals surface area contributed by atoms with Crippen LogP contribution in [0.15, 0.2) is 22.7 Å². The second kappa shape index (κ2) is 5.09. The highest BCUT2D eigenvalue weighted by Gasteiger charge is 2.31. The van der Waals surface area contributed by atoms with E-state index in [1.54, 1.807) is 18.2 Å². The molecule has 100 valence electrons. The molecule has 1 aliphatic rings. The van der Waals surface area contributed by atoms with Crippen LogP contribution < -0.4 is 5.73 Å². The lowest BCUT2D eigenvalue weighted by atomic mass is 10.1. The lowest BCUT2D eigenvalue weighted by Crippen LogP contribution is -2.26. The van der Waals surface area contributed by atoms with Gasteiger partial charge in [-0.25, -0.2) is 0 Å². The number of hydrogen-bond acceptors (Lipinski definition) is 5. The van der Waals surface area contributed by atoms with E-state index in [9.17, 15) is 0 Å². The molecule has 0 amide bonds. The predicted molar refractivity (Wildman–Crippen MR) is 71.3 cm³/mol. The average molecular weight is 300 g/mol. The molecular weight excluding hydrogens is 289 g/mol. The van der Waals surface area contributed by atoms with Crippen molar-refractivity contribution in [3.63, 3.8) is 0 Å². The summed E-state index contributed by atoms with van der Waals surface area (Å²) in [6.07, 6.45) is 0. The van der Waals surface area contributed by atoms with E-state index in [-0.39, 0.29) is 12.0 Å². The summed E-state index contributed by atoms with van der Waals surface area (Å²) in [6, 6.07) is 5.07. The molecule has 3 rings (SSSR count). The Hall–Kier alpha value is -1.14. The number of halogens is 2. The van der Waals surface area contributed by atoms with Gasteiger partial charge in [0.25, 0.3) is 0 Å². The first-order chi connectivity index (χ1) is 9.15. The Morgan fingerprint density at radius 3 is 2.74 bits per heavy atom. The largest absolute Gasteiger partial charge is 0.379 e. The normalized spacial score (nSPS) is 22.9. The molecule has 2 atom stereocenters. The minimum absolute atomic E-state index is 0.0518. The topological polar surface area (TPSA) is 74.2 Å². The first-order valence-corrected chi connectivity index (χ1v) is 6.53. The van der Waals surface area contributed by atoms with Gasteiger partial charge in [0.1, 0.15) is 0 Å². The monoisotopic (exact) mass is 299 g/mol. The van der Waals surface area contributed by atoms with E-state index < -0.39 is 0 Å². The van der Waals surface area contributed by atoms with Crippen molar-refractivity contribution in [2.75, 3.05) is 13.2 Å². The quantitative estimate of drug-likeness (QED) is 0.922. The summed E-state index contributed by atoms with van der Waals surface area (Å²) in [5.41, 5.74) is 6.66. The van der Waals surface area contributed by atoms with Gasteiger partial charge in [-0.1, -0.05) is 28.4 Å². The molecule has 7 heteroatoms. The van der Waals surface area contributed by atoms with Crippen molar-refractivity contribution in [1.29, 1.82) is 0 Å². The first-order valence-electron chi connectivity index (χ1n) is 5.77. The molecule has 2 N–H and O–H groups in total. The molecule has 2 unspecified atom stereocenters. The molecule has 0 bridgehead atoms. The standard InChI is InChI=1S/C12H11Cl2N3O2/c13-8-2-1-6(3-9(8)14)11-16-12(19-17-11)7-4-18-5-10(7)15/h1-3,7,10H,4-5,15H2. The Morgan fingerprint density at radius 1 is 1.21 bits per heavy atom. The highest BCUT2D eigenvalue weighted by Crippen LogP contribution is 2.29. The van der Waals surface area contributed by atoms with Crippen molar-refractivity contribution in [1.82, 2.24) is 10.1 Å². The number of nitrogens with two attached hydrogens (primary N) is 1. The van der Waals surface area contributed by atoms with Gasteiger partial charge in [0, 0.05) is 11.6 Å². The number of rotatable bonds is 2. The van der Waals surface area contributed by atoms with Gasteiger partial charge >= 0.3 is 0 Å². The zero-order valence-corrected chi connectivity index (χ0v) is 11.4. The summed E-state index contributed by atoms with van der Waals surface area (Å²) < 4.78 is 10.5. The maximum absolute atomic E-state index is 5.96. The van der Waals surface area contributed by atoms with Crippen LogP contribution in [0, 0.1) is 0 Å². The molecule has 1 fully saturated rings. The van der Waals surface area contributed by atoms with Gasteiger partial charge in [0.2, 0.25) is 11.7 Å². The van der Waals surface area contributed by atoms with Crippen LogP contribution in [0.5, 0.6) is 0 Å². The summed E-state index contributed by atoms with van der Waals surface area (Å²) >= 11 is 11.8. The molecule has 0 aliphatic carbocycles. The van der Waals surface area contributed by atoms with E-state index in [1.165, 1.54) is 0 Å². The molecule has 0 radical (unpaired) electrons. The molecule has 2 aromatic rings. The summed E-state index contributed by atoms with van der Waals surface area (Å²) in [4.78, 5) is 4.34. The van der Waals surface area contributed by atoms with E-state index in [4.69, 9.17) is 38.2 Å². The van der Waals surface area contributed by atoms with Crippen molar-refractivity contribution in [2.45, 2.75) is 12.0 Å². The zero-order chi connectivity index (χ0) is 13.4. The van der Waals surface area contributed by atoms with E-state index in [0.717, 1.165) is 5.56 Å². The Kier molecular flexibility index (Phi) is 3.45. The maximum Gasteiger partial charge on any atom is 0.234 e. The molecule has 19 heavy (non-hydrogen) atoms. The number of hydrogen-bond donors (Lipinski definition) is 1. The van der Waals surface area contributed by atoms with Crippen LogP contribution in [0.3, 0.4) is 0 Å². The van der Waals surface area contributed by atoms with Gasteiger partial charge in [-0.2, -0.15) is 4.98 Å². The lowest BCUT2D eigenvalue weighted by molar-refractivity contribution is 0.187. The van der Waals surface area contributed by atoms with Crippen molar-refractivity contribution in [3.05, 3.63) is 34.1 Å². The van der Waals surface area contributed by atoms with Crippen LogP contribution in [0.2, 0.25) is 10.0 Å². The second-order valence-electron chi connectivity index (χ2n) is 4.39. The van der Waals surface area contributed by atoms with Gasteiger partial charge in [0.15, 0.2) is 0 Å². The van der Waals surface area contributed by atoms with Crippen LogP contribution in [0.1, 0.15) is 11.8 Å². The number of nitrogens with zero attached hydrogens (tertiary/aromatic N) is 2. The zero-order valence-electron chi connectivity index (χ0n) is 9.85. The van der Waals surface area contributed by atoms with Crippen LogP contribution in [0.4, 0.5) is 0 Å². The van der Waals surface area contributed by atoms with Crippen LogP contribution in [-0.4, -0.2) is 29.4 Å². The smallest absolute Gasteiger partial charge is 0.234 e. The van der Waals surface area contributed by atoms with E-state index in [0.29, 0.717) is 35.0 Å². The first kappa shape index (κ1) is 12.9. The van der Waals surface area contributed by atoms with Gasteiger partial charge in [-0.15, -0.1) is 0 Å². The van der Waals surface area contributed by atoms with Crippen molar-refractivity contribution in [3.8, 4) is 11.4 Å². The van der Waals surface area contributed by atoms with Crippen LogP contribution in [-0.2, 0) is 4.74 Å². The lowest BCUT2D eigenvalue weighted by Gasteiger charge is -2.06. The highest BCUT2D eigenvalue weighted by atomic mass is 35.5. The molecule has 1 aliphatic heterocycles. The Labute approximate surface area is 119 Å². The Bertz CT molecular complexity index is 602. The molecule has 0 spiro atoms. The average Bonchev–Trinajstić information content (AvgIpc) is 3.01. The maximum atomic E-state index is 5.96. The summed E-state index contributed by atoms with van der Waals surface area (Å²) in [5.74, 6) is 0.905. The fourth-order valence-electron chi connectivity index (χ4n) is 1.96. The predicted octanol–water partition coefficient (Wildman–Crippen LogP) is 2.48. The summed E-state index contributed by atoms with van der Waals surface area (Å²) in [6.45, 7) is 1.01. The molecule has 1 saturated heterocycles. The second-order valence-corrected chi connectivity index (χ2v) is 5.21. The molecular formula is C12H11Cl2N3O2. The van der Waals surface area contributed by atoms with Crippen LogP contribution in [0.25, 0.3) is 11.4 Å². The fourth-order valence-corrected chi connectivity index (χ4v) is 2.26. The van der Waals surface area contributed by atoms with Gasteiger partial charge in [-0.05, 0) is 18.2 Å². The molecule has 2 heterocycles. The Morgan fingerprint density at radius 2 is 2.05 bits per heavy atom. The van der Waals surface area contributed by atoms with Gasteiger partial charge in [0.05, 0.1) is 29.2 Å². The van der Waals surface area contributed by atoms with Gasteiger partial charge in [-0.3, -0.25) is 0 Å². The van der Waals surface area contributed by atoms with E-state index >= 15 is 0 Å². The van der Waals surface area contributed by atoms with Gasteiger partial charge < -0.3 is 15.0 Å². The van der Waals surface area contributed by atoms with Crippen molar-refractivity contribution < 1.29 is 9.26 Å². The Balaban J connectivity index is 1.90. The van der Waals surface area contributed by atoms with E-state index in [2.05, 4.69) is 10.1 Å². The number of benzene rings is 1. The summed E-state index contributed by atoms with van der Waals surface area (Å²) in [7, 11) is 0. The molecule has 1 aromatic carbocycles. The minimum Gasteiger partial charge on any atom is -0.379 e. The van der Waals surface area contributed by atoms with Crippen molar-refractivity contribution >= 4 is 23.2 Å². The molecule has 0 saturated carbocycles. The highest BCUT2D eigenvalue weighted by molar-refractivity contribution is 6.42. The fraction of sp³-hybridized carbons (Fsp3) is 0.333. The minimum atomic E-state index is -0.109. The van der Waals surface area contributed by atoms with Crippen LogP contribution >= 0.6 is 23.2 Å². The van der Waals surface area contributed by atoms with Crippen molar-refractivity contribution in [2.24, 2.45) is 5.73 Å². The SMILES string of the molecule is NC1COCC1c1nc(-c2ccc(Cl)c(Cl)c2)no1. The molecule has 5 nitrogen and oxygen atoms in total. The number of aromatic nitrogens is 2. The molecule has 1 aromatic heterocycles. The third-order valence-electron chi connectivity index (χ3n) is 3.06. The third kappa shape index (κ3) is 2.47. The van der Waals surface area contributed by atoms with E-state index in [1.807, 2.05) is 0 Å².